The Hall–Kier alpha value is -0.0800. The molecule has 0 aromatic carbocycles. The smallest absolute Gasteiger partial charge is 0.407 e. The molecule has 0 unspecified atom stereocenters. The van der Waals surface area contributed by atoms with Crippen molar-refractivity contribution in [2.45, 2.75) is 19.3 Å². The van der Waals surface area contributed by atoms with Crippen molar-refractivity contribution in [1.29, 1.82) is 0 Å². The minimum absolute atomic E-state index is 0. The highest BCUT2D eigenvalue weighted by Crippen LogP contribution is 1.95. The number of rotatable bonds is 12. The third kappa shape index (κ3) is 25.9. The predicted molar refractivity (Wildman–Crippen MR) is 98.4 cm³/mol. The van der Waals surface area contributed by atoms with Crippen LogP contribution in [-0.4, -0.2) is 103 Å². The molecule has 2 N–H and O–H groups in total. The van der Waals surface area contributed by atoms with E-state index in [2.05, 4.69) is 52.9 Å². The molecule has 8 nitrogen and oxygen atoms in total. The van der Waals surface area contributed by atoms with Crippen LogP contribution in [-0.2, 0) is 9.47 Å². The summed E-state index contributed by atoms with van der Waals surface area (Å²) in [7, 11) is 12.3. The highest BCUT2D eigenvalue weighted by molar-refractivity contribution is 5.67. The van der Waals surface area contributed by atoms with Crippen LogP contribution < -0.4 is 58.6 Å². The van der Waals surface area contributed by atoms with Gasteiger partial charge in [-0.3, -0.25) is 0 Å². The molecule has 0 aliphatic carbocycles. The standard InChI is InChI=1S/C17H36N4O4.2HI/c1-20(2,3)12-14-24-16(22)18-10-8-7-9-11-19-17(23)25-15-13-21(4,5)6;;/h7-15H2,1-6H3;2*1H. The second-order valence-electron chi connectivity index (χ2n) is 8.21. The van der Waals surface area contributed by atoms with Crippen molar-refractivity contribution in [2.24, 2.45) is 0 Å². The van der Waals surface area contributed by atoms with Gasteiger partial charge in [-0.2, -0.15) is 0 Å². The van der Waals surface area contributed by atoms with Gasteiger partial charge in [0.15, 0.2) is 0 Å². The maximum atomic E-state index is 11.5. The first-order valence-electron chi connectivity index (χ1n) is 8.92. The summed E-state index contributed by atoms with van der Waals surface area (Å²) in [6.07, 6.45) is 1.88. The van der Waals surface area contributed by atoms with Crippen molar-refractivity contribution in [1.82, 2.24) is 10.6 Å². The first-order valence-corrected chi connectivity index (χ1v) is 8.92. The van der Waals surface area contributed by atoms with Crippen LogP contribution in [0.3, 0.4) is 0 Å². The molecule has 0 aromatic heterocycles. The van der Waals surface area contributed by atoms with Crippen LogP contribution in [0.2, 0.25) is 0 Å². The fourth-order valence-corrected chi connectivity index (χ4v) is 1.73. The van der Waals surface area contributed by atoms with E-state index in [0.29, 0.717) is 26.3 Å². The Balaban J connectivity index is -0.00000288. The maximum Gasteiger partial charge on any atom is 0.407 e. The van der Waals surface area contributed by atoms with Gasteiger partial charge >= 0.3 is 12.2 Å². The van der Waals surface area contributed by atoms with Crippen molar-refractivity contribution >= 4 is 12.2 Å². The van der Waals surface area contributed by atoms with E-state index in [-0.39, 0.29) is 60.1 Å². The van der Waals surface area contributed by atoms with Crippen molar-refractivity contribution in [3.05, 3.63) is 0 Å². The van der Waals surface area contributed by atoms with Gasteiger partial charge in [0.25, 0.3) is 0 Å². The Bertz CT molecular complexity index is 363. The maximum absolute atomic E-state index is 11.5. The third-order valence-corrected chi connectivity index (χ3v) is 3.38. The molecule has 0 radical (unpaired) electrons. The normalized spacial score (nSPS) is 10.9. The number of carbonyl (C=O) groups excluding carboxylic acids is 2. The van der Waals surface area contributed by atoms with Crippen molar-refractivity contribution in [2.75, 3.05) is 81.7 Å². The molecule has 27 heavy (non-hydrogen) atoms. The van der Waals surface area contributed by atoms with Crippen molar-refractivity contribution in [3.8, 4) is 0 Å². The number of ether oxygens (including phenoxy) is 2. The first kappa shape index (κ1) is 31.6. The molecule has 0 aliphatic rings. The summed E-state index contributed by atoms with van der Waals surface area (Å²) >= 11 is 0. The number of carbonyl (C=O) groups is 2. The molecule has 2 amide bonds. The number of likely N-dealkylation sites (N-methyl/N-ethyl adjacent to an activating group) is 2. The minimum atomic E-state index is -0.368. The average molecular weight is 616 g/mol. The van der Waals surface area contributed by atoms with Gasteiger partial charge in [0.2, 0.25) is 0 Å². The number of unbranched alkanes of at least 4 members (excludes halogenated alkanes) is 2. The van der Waals surface area contributed by atoms with Gasteiger partial charge in [-0.25, -0.2) is 9.59 Å². The monoisotopic (exact) mass is 616 g/mol. The number of nitrogens with one attached hydrogen (secondary N) is 2. The molecule has 0 bridgehead atoms. The number of hydrogen-bond donors (Lipinski definition) is 2. The van der Waals surface area contributed by atoms with Crippen LogP contribution in [0.5, 0.6) is 0 Å². The first-order chi connectivity index (χ1) is 11.5. The van der Waals surface area contributed by atoms with E-state index in [1.54, 1.807) is 0 Å². The molecule has 0 aliphatic heterocycles. The number of hydrogen-bond acceptors (Lipinski definition) is 4. The second-order valence-corrected chi connectivity index (χ2v) is 8.21. The highest BCUT2D eigenvalue weighted by Gasteiger charge is 2.09. The average Bonchev–Trinajstić information content (AvgIpc) is 2.43. The van der Waals surface area contributed by atoms with E-state index < -0.39 is 0 Å². The predicted octanol–water partition coefficient (Wildman–Crippen LogP) is -4.97. The van der Waals surface area contributed by atoms with Gasteiger partial charge in [0.05, 0.1) is 42.3 Å². The van der Waals surface area contributed by atoms with Crippen LogP contribution in [0.4, 0.5) is 9.59 Å². The molecule has 0 atom stereocenters. The van der Waals surface area contributed by atoms with Crippen molar-refractivity contribution < 1.29 is 76.0 Å². The van der Waals surface area contributed by atoms with Gasteiger partial charge in [-0.15, -0.1) is 0 Å². The third-order valence-electron chi connectivity index (χ3n) is 3.38. The Morgan fingerprint density at radius 3 is 1.30 bits per heavy atom. The molecule has 10 heteroatoms. The van der Waals surface area contributed by atoms with E-state index in [0.717, 1.165) is 41.3 Å². The zero-order valence-electron chi connectivity index (χ0n) is 17.6. The van der Waals surface area contributed by atoms with E-state index in [1.165, 1.54) is 0 Å². The van der Waals surface area contributed by atoms with Crippen LogP contribution >= 0.6 is 0 Å². The summed E-state index contributed by atoms with van der Waals surface area (Å²) < 4.78 is 11.7. The van der Waals surface area contributed by atoms with Crippen LogP contribution in [0, 0.1) is 0 Å². The van der Waals surface area contributed by atoms with Gasteiger partial charge in [0, 0.05) is 13.1 Å². The Labute approximate surface area is 198 Å². The molecular formula is C17H38I2N4O4. The molecule has 164 valence electrons. The summed E-state index contributed by atoms with van der Waals surface area (Å²) in [5, 5.41) is 5.46. The fourth-order valence-electron chi connectivity index (χ4n) is 1.73. The number of alkyl carbamates (subject to hydrolysis) is 2. The fraction of sp³-hybridized carbons (Fsp3) is 0.882. The van der Waals surface area contributed by atoms with Gasteiger partial charge in [-0.05, 0) is 19.3 Å². The zero-order valence-corrected chi connectivity index (χ0v) is 22.0. The van der Waals surface area contributed by atoms with Gasteiger partial charge in [0.1, 0.15) is 26.3 Å². The number of quaternary nitrogens is 2. The topological polar surface area (TPSA) is 76.7 Å². The summed E-state index contributed by atoms with van der Waals surface area (Å²) in [6.45, 7) is 3.55. The zero-order chi connectivity index (χ0) is 19.3. The Kier molecular flexibility index (Phi) is 19.7. The molecule has 0 fully saturated rings. The quantitative estimate of drug-likeness (QED) is 0.131. The number of nitrogens with zero attached hydrogens (tertiary/aromatic N) is 2. The second kappa shape index (κ2) is 16.8. The summed E-state index contributed by atoms with van der Waals surface area (Å²) in [6, 6.07) is 0. The molecule has 0 aromatic rings. The van der Waals surface area contributed by atoms with Crippen molar-refractivity contribution in [3.63, 3.8) is 0 Å². The number of halogens is 2. The van der Waals surface area contributed by atoms with E-state index in [1.807, 2.05) is 0 Å². The summed E-state index contributed by atoms with van der Waals surface area (Å²) in [5.74, 6) is 0. The van der Waals surface area contributed by atoms with E-state index in [4.69, 9.17) is 9.47 Å². The Morgan fingerprint density at radius 1 is 0.667 bits per heavy atom. The SMILES string of the molecule is C[N+](C)(C)CCOC(=O)NCCCCCNC(=O)OCC[N+](C)(C)C.[I-].[I-]. The highest BCUT2D eigenvalue weighted by atomic mass is 127. The van der Waals surface area contributed by atoms with Gasteiger partial charge in [-0.1, -0.05) is 0 Å². The molecule has 0 saturated heterocycles. The Morgan fingerprint density at radius 2 is 1.00 bits per heavy atom. The molecule has 0 heterocycles. The van der Waals surface area contributed by atoms with Crippen LogP contribution in [0.25, 0.3) is 0 Å². The molecular weight excluding hydrogens is 578 g/mol. The van der Waals surface area contributed by atoms with E-state index >= 15 is 0 Å². The molecule has 0 rings (SSSR count). The number of amides is 2. The largest absolute Gasteiger partial charge is 1.00 e. The summed E-state index contributed by atoms with van der Waals surface area (Å²) in [4.78, 5) is 22.9. The lowest BCUT2D eigenvalue weighted by Crippen LogP contribution is -3.00. The van der Waals surface area contributed by atoms with E-state index in [9.17, 15) is 9.59 Å². The molecule has 0 spiro atoms. The van der Waals surface area contributed by atoms with Crippen LogP contribution in [0.1, 0.15) is 19.3 Å². The lowest BCUT2D eigenvalue weighted by Gasteiger charge is -2.23. The lowest BCUT2D eigenvalue weighted by molar-refractivity contribution is -0.870. The minimum Gasteiger partial charge on any atom is -1.00 e. The van der Waals surface area contributed by atoms with Crippen LogP contribution in [0.15, 0.2) is 0 Å². The molecule has 0 saturated carbocycles. The van der Waals surface area contributed by atoms with Gasteiger partial charge < -0.3 is 77.0 Å². The summed E-state index contributed by atoms with van der Waals surface area (Å²) in [5.41, 5.74) is 0. The lowest BCUT2D eigenvalue weighted by atomic mass is 10.2.